The third-order valence-corrected chi connectivity index (χ3v) is 6.34. The number of amides is 2. The second-order valence-electron chi connectivity index (χ2n) is 6.39. The van der Waals surface area contributed by atoms with E-state index in [1.165, 1.54) is 36.5 Å². The Morgan fingerprint density at radius 1 is 1.10 bits per heavy atom. The number of nitrogens with two attached hydrogens (primary N) is 1. The fourth-order valence-electron chi connectivity index (χ4n) is 2.64. The SMILES string of the molecule is C[C@H](NC(=O)Nc1ccc(S(=O)(=O)Nc2ccnc(N)n2)cc1)c1cccc(Cl)c1Cl. The minimum Gasteiger partial charge on any atom is -0.368 e. The van der Waals surface area contributed by atoms with Crippen LogP contribution < -0.4 is 21.1 Å². The number of hydrogen-bond donors (Lipinski definition) is 4. The number of nitrogens with one attached hydrogen (secondary N) is 3. The molecule has 5 N–H and O–H groups in total. The molecule has 1 atom stereocenters. The van der Waals surface area contributed by atoms with Crippen molar-refractivity contribution in [3.63, 3.8) is 0 Å². The van der Waals surface area contributed by atoms with Crippen LogP contribution in [0.4, 0.5) is 22.2 Å². The zero-order valence-corrected chi connectivity index (χ0v) is 18.5. The fourth-order valence-corrected chi connectivity index (χ4v) is 4.11. The van der Waals surface area contributed by atoms with Gasteiger partial charge in [-0.25, -0.2) is 18.2 Å². The zero-order valence-electron chi connectivity index (χ0n) is 16.1. The molecule has 0 bridgehead atoms. The molecule has 0 fully saturated rings. The van der Waals surface area contributed by atoms with E-state index in [0.29, 0.717) is 21.3 Å². The summed E-state index contributed by atoms with van der Waals surface area (Å²) in [5.74, 6) is -0.0122. The Kier molecular flexibility index (Phi) is 6.84. The van der Waals surface area contributed by atoms with Crippen LogP contribution in [0.5, 0.6) is 0 Å². The lowest BCUT2D eigenvalue weighted by molar-refractivity contribution is 0.249. The summed E-state index contributed by atoms with van der Waals surface area (Å²) in [5.41, 5.74) is 6.52. The van der Waals surface area contributed by atoms with E-state index in [1.807, 2.05) is 0 Å². The van der Waals surface area contributed by atoms with Gasteiger partial charge in [-0.2, -0.15) is 4.98 Å². The molecule has 0 aliphatic carbocycles. The molecular formula is C19H18Cl2N6O3S. The van der Waals surface area contributed by atoms with Crippen LogP contribution in [0.15, 0.2) is 59.6 Å². The van der Waals surface area contributed by atoms with E-state index in [1.54, 1.807) is 25.1 Å². The number of rotatable bonds is 6. The molecule has 1 aromatic heterocycles. The van der Waals surface area contributed by atoms with Gasteiger partial charge in [-0.1, -0.05) is 35.3 Å². The lowest BCUT2D eigenvalue weighted by Crippen LogP contribution is -2.31. The molecule has 0 saturated carbocycles. The molecule has 2 aromatic carbocycles. The van der Waals surface area contributed by atoms with Gasteiger partial charge in [-0.05, 0) is 48.9 Å². The first-order valence-electron chi connectivity index (χ1n) is 8.88. The maximum absolute atomic E-state index is 12.5. The summed E-state index contributed by atoms with van der Waals surface area (Å²) in [5, 5.41) is 6.14. The number of nitrogen functional groups attached to an aromatic ring is 1. The lowest BCUT2D eigenvalue weighted by Gasteiger charge is -2.17. The van der Waals surface area contributed by atoms with Crippen LogP contribution in [0.1, 0.15) is 18.5 Å². The molecule has 0 radical (unpaired) electrons. The number of aromatic nitrogens is 2. The first kappa shape index (κ1) is 22.6. The van der Waals surface area contributed by atoms with Gasteiger partial charge in [0.15, 0.2) is 0 Å². The third-order valence-electron chi connectivity index (χ3n) is 4.13. The number of anilines is 3. The van der Waals surface area contributed by atoms with Crippen molar-refractivity contribution >= 4 is 56.7 Å². The Labute approximate surface area is 189 Å². The molecule has 3 aromatic rings. The average Bonchev–Trinajstić information content (AvgIpc) is 2.70. The molecule has 0 spiro atoms. The van der Waals surface area contributed by atoms with Gasteiger partial charge < -0.3 is 16.4 Å². The fraction of sp³-hybridized carbons (Fsp3) is 0.105. The van der Waals surface area contributed by atoms with Crippen molar-refractivity contribution in [2.75, 3.05) is 15.8 Å². The first-order valence-corrected chi connectivity index (χ1v) is 11.1. The van der Waals surface area contributed by atoms with Gasteiger partial charge in [0.25, 0.3) is 10.0 Å². The van der Waals surface area contributed by atoms with E-state index in [-0.39, 0.29) is 16.7 Å². The highest BCUT2D eigenvalue weighted by atomic mass is 35.5. The number of sulfonamides is 1. The van der Waals surface area contributed by atoms with E-state index in [2.05, 4.69) is 25.3 Å². The van der Waals surface area contributed by atoms with E-state index < -0.39 is 22.1 Å². The van der Waals surface area contributed by atoms with Crippen molar-refractivity contribution in [3.8, 4) is 0 Å². The van der Waals surface area contributed by atoms with Crippen LogP contribution in [0, 0.1) is 0 Å². The van der Waals surface area contributed by atoms with Crippen LogP contribution in [0.25, 0.3) is 0 Å². The minimum atomic E-state index is -3.89. The molecular weight excluding hydrogens is 463 g/mol. The molecule has 1 heterocycles. The zero-order chi connectivity index (χ0) is 22.6. The summed E-state index contributed by atoms with van der Waals surface area (Å²) in [6.07, 6.45) is 1.34. The van der Waals surface area contributed by atoms with Gasteiger partial charge in [0, 0.05) is 11.9 Å². The van der Waals surface area contributed by atoms with Crippen LogP contribution in [0.2, 0.25) is 10.0 Å². The normalized spacial score (nSPS) is 12.1. The van der Waals surface area contributed by atoms with E-state index in [0.717, 1.165) is 0 Å². The molecule has 0 aliphatic heterocycles. The molecule has 12 heteroatoms. The van der Waals surface area contributed by atoms with Crippen molar-refractivity contribution in [2.45, 2.75) is 17.9 Å². The third kappa shape index (κ3) is 5.75. The van der Waals surface area contributed by atoms with E-state index in [4.69, 9.17) is 28.9 Å². The van der Waals surface area contributed by atoms with Gasteiger partial charge in [0.05, 0.1) is 21.0 Å². The number of benzene rings is 2. The summed E-state index contributed by atoms with van der Waals surface area (Å²) in [6.45, 7) is 1.76. The Bertz CT molecular complexity index is 1210. The largest absolute Gasteiger partial charge is 0.368 e. The second-order valence-corrected chi connectivity index (χ2v) is 8.86. The topological polar surface area (TPSA) is 139 Å². The monoisotopic (exact) mass is 480 g/mol. The Morgan fingerprint density at radius 3 is 2.48 bits per heavy atom. The molecule has 3 rings (SSSR count). The number of carbonyl (C=O) groups excluding carboxylic acids is 1. The van der Waals surface area contributed by atoms with Crippen molar-refractivity contribution in [1.29, 1.82) is 0 Å². The average molecular weight is 481 g/mol. The number of carbonyl (C=O) groups is 1. The van der Waals surface area contributed by atoms with Crippen LogP contribution in [0.3, 0.4) is 0 Å². The molecule has 162 valence electrons. The van der Waals surface area contributed by atoms with Gasteiger partial charge >= 0.3 is 6.03 Å². The lowest BCUT2D eigenvalue weighted by atomic mass is 10.1. The Morgan fingerprint density at radius 2 is 1.81 bits per heavy atom. The van der Waals surface area contributed by atoms with Crippen molar-refractivity contribution in [2.24, 2.45) is 0 Å². The molecule has 0 aliphatic rings. The summed E-state index contributed by atoms with van der Waals surface area (Å²) in [7, 11) is -3.89. The predicted molar refractivity (Wildman–Crippen MR) is 121 cm³/mol. The highest BCUT2D eigenvalue weighted by Crippen LogP contribution is 2.29. The predicted octanol–water partition coefficient (Wildman–Crippen LogP) is 4.05. The Hall–Kier alpha value is -3.08. The van der Waals surface area contributed by atoms with E-state index >= 15 is 0 Å². The van der Waals surface area contributed by atoms with Crippen molar-refractivity contribution in [1.82, 2.24) is 15.3 Å². The number of nitrogens with zero attached hydrogens (tertiary/aromatic N) is 2. The smallest absolute Gasteiger partial charge is 0.319 e. The molecule has 9 nitrogen and oxygen atoms in total. The van der Waals surface area contributed by atoms with Crippen LogP contribution >= 0.6 is 23.2 Å². The van der Waals surface area contributed by atoms with Gasteiger partial charge in [-0.15, -0.1) is 0 Å². The Balaban J connectivity index is 1.64. The van der Waals surface area contributed by atoms with Crippen molar-refractivity contribution < 1.29 is 13.2 Å². The summed E-state index contributed by atoms with van der Waals surface area (Å²) >= 11 is 12.2. The molecule has 0 saturated heterocycles. The highest BCUT2D eigenvalue weighted by molar-refractivity contribution is 7.92. The maximum atomic E-state index is 12.5. The molecule has 2 amide bonds. The number of hydrogen-bond acceptors (Lipinski definition) is 6. The van der Waals surface area contributed by atoms with Crippen LogP contribution in [-0.2, 0) is 10.0 Å². The quantitative estimate of drug-likeness (QED) is 0.419. The standard InChI is InChI=1S/C19H18Cl2N6O3S/c1-11(14-3-2-4-15(20)17(14)21)24-19(28)25-12-5-7-13(8-6-12)31(29,30)27-16-9-10-23-18(22)26-16/h2-11H,1H3,(H2,24,25,28)(H3,22,23,26,27)/t11-/m0/s1. The minimum absolute atomic E-state index is 0.0188. The summed E-state index contributed by atoms with van der Waals surface area (Å²) in [4.78, 5) is 19.8. The van der Waals surface area contributed by atoms with Crippen LogP contribution in [-0.4, -0.2) is 24.4 Å². The van der Waals surface area contributed by atoms with E-state index in [9.17, 15) is 13.2 Å². The van der Waals surface area contributed by atoms with Gasteiger partial charge in [0.2, 0.25) is 5.95 Å². The number of urea groups is 1. The van der Waals surface area contributed by atoms with Gasteiger partial charge in [0.1, 0.15) is 5.82 Å². The summed E-state index contributed by atoms with van der Waals surface area (Å²) in [6, 6.07) is 11.2. The molecule has 31 heavy (non-hydrogen) atoms. The molecule has 0 unspecified atom stereocenters. The van der Waals surface area contributed by atoms with Crippen molar-refractivity contribution in [3.05, 3.63) is 70.3 Å². The first-order chi connectivity index (χ1) is 14.7. The highest BCUT2D eigenvalue weighted by Gasteiger charge is 2.17. The number of halogens is 2. The second kappa shape index (κ2) is 9.38. The van der Waals surface area contributed by atoms with Gasteiger partial charge in [-0.3, -0.25) is 4.72 Å². The maximum Gasteiger partial charge on any atom is 0.319 e. The summed E-state index contributed by atoms with van der Waals surface area (Å²) < 4.78 is 27.3.